The van der Waals surface area contributed by atoms with Crippen LogP contribution in [0.25, 0.3) is 22.3 Å². The standard InChI is InChI=1S/C45H33N5O2/c46-32-17-15-30(16-18-32)44-39-25-21-35(49-39)41(27-7-3-1-4-8-27)33-19-23-37(47-33)43(29-11-13-31(14-12-29)45(51)52)38-24-20-34(48-38)42(28-9-5-2-6-10-28)36-22-26-40(44)50-36/h1-26,47-50H,46H2,(H,51,52). The maximum absolute atomic E-state index is 11.8. The van der Waals surface area contributed by atoms with Crippen molar-refractivity contribution in [2.24, 2.45) is 0 Å². The number of aromatic carboxylic acids is 1. The second-order valence-electron chi connectivity index (χ2n) is 12.9. The number of nitrogens with one attached hydrogen (secondary N) is 4. The van der Waals surface area contributed by atoms with Crippen LogP contribution in [0.1, 0.15) is 55.4 Å². The average Bonchev–Trinajstić information content (AvgIpc) is 4.01. The molecule has 5 heterocycles. The third kappa shape index (κ3) is 5.47. The molecule has 0 fully saturated rings. The van der Waals surface area contributed by atoms with Crippen molar-refractivity contribution < 1.29 is 9.90 Å². The SMILES string of the molecule is Nc1ccc(C2=c3ccc([nH]3)=C(c3ccccc3)c3ccc([nH]3)C(c3ccc(C(=O)O)cc3)=c3ccc([nH]3)=C(c3ccccc3)c3ccc2[nH]3)cc1. The van der Waals surface area contributed by atoms with E-state index in [4.69, 9.17) is 5.73 Å². The highest BCUT2D eigenvalue weighted by molar-refractivity contribution is 5.89. The zero-order chi connectivity index (χ0) is 35.2. The number of carboxylic acid groups (broad SMARTS) is 1. The Morgan fingerprint density at radius 1 is 0.385 bits per heavy atom. The molecule has 8 bridgehead atoms. The average molecular weight is 676 g/mol. The minimum absolute atomic E-state index is 0.233. The molecule has 4 aromatic carbocycles. The second kappa shape index (κ2) is 12.6. The van der Waals surface area contributed by atoms with Crippen molar-refractivity contribution in [3.63, 3.8) is 0 Å². The molecule has 4 aromatic heterocycles. The predicted octanol–water partition coefficient (Wildman–Crippen LogP) is 5.58. The van der Waals surface area contributed by atoms with Crippen molar-refractivity contribution in [2.75, 3.05) is 5.73 Å². The Labute approximate surface area is 298 Å². The topological polar surface area (TPSA) is 126 Å². The highest BCUT2D eigenvalue weighted by atomic mass is 16.4. The van der Waals surface area contributed by atoms with E-state index in [1.807, 2.05) is 60.7 Å². The van der Waals surface area contributed by atoms with Crippen LogP contribution in [-0.4, -0.2) is 31.0 Å². The molecule has 0 saturated carbocycles. The molecule has 7 nitrogen and oxygen atoms in total. The predicted molar refractivity (Wildman–Crippen MR) is 205 cm³/mol. The number of H-pyrrole nitrogens is 4. The maximum atomic E-state index is 11.8. The van der Waals surface area contributed by atoms with Gasteiger partial charge in [0.1, 0.15) is 0 Å². The van der Waals surface area contributed by atoms with E-state index in [-0.39, 0.29) is 5.56 Å². The Morgan fingerprint density at radius 2 is 0.712 bits per heavy atom. The van der Waals surface area contributed by atoms with Gasteiger partial charge in [-0.2, -0.15) is 0 Å². The lowest BCUT2D eigenvalue weighted by atomic mass is 10.0. The van der Waals surface area contributed by atoms with E-state index in [2.05, 4.69) is 105 Å². The normalized spacial score (nSPS) is 12.7. The van der Waals surface area contributed by atoms with Gasteiger partial charge in [-0.15, -0.1) is 0 Å². The molecule has 0 saturated heterocycles. The van der Waals surface area contributed by atoms with Gasteiger partial charge in [0.25, 0.3) is 0 Å². The number of hydrogen-bond donors (Lipinski definition) is 6. The van der Waals surface area contributed by atoms with Gasteiger partial charge in [0.15, 0.2) is 0 Å². The smallest absolute Gasteiger partial charge is 0.335 e. The van der Waals surface area contributed by atoms with Crippen molar-refractivity contribution in [1.29, 1.82) is 0 Å². The van der Waals surface area contributed by atoms with E-state index in [1.54, 1.807) is 12.1 Å². The molecule has 1 aliphatic heterocycles. The molecule has 52 heavy (non-hydrogen) atoms. The number of rotatable bonds is 5. The van der Waals surface area contributed by atoms with Gasteiger partial charge in [0.05, 0.1) is 5.56 Å². The van der Waals surface area contributed by atoms with Gasteiger partial charge in [-0.3, -0.25) is 0 Å². The molecule has 0 atom stereocenters. The van der Waals surface area contributed by atoms with Gasteiger partial charge < -0.3 is 30.8 Å². The number of carboxylic acids is 1. The number of aromatic amines is 4. The lowest BCUT2D eigenvalue weighted by Crippen LogP contribution is -2.19. The Bertz CT molecular complexity index is 2850. The first kappa shape index (κ1) is 30.8. The summed E-state index contributed by atoms with van der Waals surface area (Å²) in [6, 6.07) is 52.6. The molecule has 0 spiro atoms. The molecular weight excluding hydrogens is 643 g/mol. The number of nitrogens with two attached hydrogens (primary N) is 1. The highest BCUT2D eigenvalue weighted by Crippen LogP contribution is 2.28. The van der Waals surface area contributed by atoms with Crippen LogP contribution in [0, 0.1) is 0 Å². The Kier molecular flexibility index (Phi) is 7.44. The third-order valence-corrected chi connectivity index (χ3v) is 9.64. The summed E-state index contributed by atoms with van der Waals surface area (Å²) in [5, 5.41) is 13.4. The molecule has 7 N–H and O–H groups in total. The van der Waals surface area contributed by atoms with Gasteiger partial charge in [0, 0.05) is 72.2 Å². The first-order chi connectivity index (χ1) is 25.5. The monoisotopic (exact) mass is 675 g/mol. The fraction of sp³-hybridized carbons (Fsp3) is 0. The zero-order valence-electron chi connectivity index (χ0n) is 27.9. The lowest BCUT2D eigenvalue weighted by molar-refractivity contribution is 0.0697. The zero-order valence-corrected chi connectivity index (χ0v) is 27.9. The van der Waals surface area contributed by atoms with Crippen LogP contribution < -0.4 is 27.1 Å². The molecule has 7 heteroatoms. The molecule has 0 radical (unpaired) electrons. The summed E-state index contributed by atoms with van der Waals surface area (Å²) in [6.45, 7) is 0. The molecule has 0 aliphatic carbocycles. The molecule has 0 amide bonds. The van der Waals surface area contributed by atoms with E-state index in [1.165, 1.54) is 0 Å². The Hall–Kier alpha value is -7.25. The fourth-order valence-corrected chi connectivity index (χ4v) is 7.21. The number of benzene rings is 4. The quantitative estimate of drug-likeness (QED) is 0.133. The summed E-state index contributed by atoms with van der Waals surface area (Å²) in [7, 11) is 0. The summed E-state index contributed by atoms with van der Waals surface area (Å²) < 4.78 is 0. The van der Waals surface area contributed by atoms with E-state index in [0.29, 0.717) is 5.69 Å². The number of fused-ring (bicyclic) bond motifs is 8. The van der Waals surface area contributed by atoms with Crippen LogP contribution in [0.15, 0.2) is 158 Å². The molecule has 0 unspecified atom stereocenters. The number of carbonyl (C=O) groups is 1. The van der Waals surface area contributed by atoms with E-state index in [9.17, 15) is 9.90 Å². The fourth-order valence-electron chi connectivity index (χ4n) is 7.21. The van der Waals surface area contributed by atoms with E-state index >= 15 is 0 Å². The summed E-state index contributed by atoms with van der Waals surface area (Å²) in [5.74, 6) is -0.963. The van der Waals surface area contributed by atoms with E-state index < -0.39 is 5.97 Å². The molecular formula is C45H33N5O2. The molecule has 1 aliphatic rings. The molecule has 250 valence electrons. The minimum atomic E-state index is -0.963. The largest absolute Gasteiger partial charge is 0.478 e. The summed E-state index contributed by atoms with van der Waals surface area (Å²) in [6.07, 6.45) is 0. The number of hydrogen-bond acceptors (Lipinski definition) is 2. The summed E-state index contributed by atoms with van der Waals surface area (Å²) >= 11 is 0. The van der Waals surface area contributed by atoms with Gasteiger partial charge in [0.2, 0.25) is 0 Å². The maximum Gasteiger partial charge on any atom is 0.335 e. The van der Waals surface area contributed by atoms with Crippen molar-refractivity contribution in [3.05, 3.63) is 230 Å². The van der Waals surface area contributed by atoms with Crippen LogP contribution in [0.2, 0.25) is 0 Å². The third-order valence-electron chi connectivity index (χ3n) is 9.64. The Morgan fingerprint density at radius 3 is 1.06 bits per heavy atom. The van der Waals surface area contributed by atoms with Crippen LogP contribution in [0.5, 0.6) is 0 Å². The van der Waals surface area contributed by atoms with Crippen molar-refractivity contribution in [1.82, 2.24) is 19.9 Å². The van der Waals surface area contributed by atoms with Crippen LogP contribution in [0.3, 0.4) is 0 Å². The van der Waals surface area contributed by atoms with Crippen molar-refractivity contribution in [3.8, 4) is 0 Å². The van der Waals surface area contributed by atoms with Crippen LogP contribution in [-0.2, 0) is 0 Å². The number of nitrogen functional groups attached to an aromatic ring is 1. The van der Waals surface area contributed by atoms with Crippen molar-refractivity contribution >= 4 is 33.9 Å². The van der Waals surface area contributed by atoms with Gasteiger partial charge in [-0.05, 0) is 95.1 Å². The van der Waals surface area contributed by atoms with Crippen molar-refractivity contribution in [2.45, 2.75) is 0 Å². The first-order valence-corrected chi connectivity index (χ1v) is 17.1. The van der Waals surface area contributed by atoms with Crippen LogP contribution in [0.4, 0.5) is 5.69 Å². The summed E-state index contributed by atoms with van der Waals surface area (Å²) in [4.78, 5) is 26.9. The van der Waals surface area contributed by atoms with Gasteiger partial charge in [-0.25, -0.2) is 4.79 Å². The minimum Gasteiger partial charge on any atom is -0.478 e. The molecule has 9 rings (SSSR count). The second-order valence-corrected chi connectivity index (χ2v) is 12.9. The molecule has 8 aromatic rings. The summed E-state index contributed by atoms with van der Waals surface area (Å²) in [5.41, 5.74) is 18.8. The number of anilines is 1. The first-order valence-electron chi connectivity index (χ1n) is 17.1. The van der Waals surface area contributed by atoms with Gasteiger partial charge in [-0.1, -0.05) is 84.9 Å². The number of aromatic nitrogens is 4. The highest BCUT2D eigenvalue weighted by Gasteiger charge is 2.18. The van der Waals surface area contributed by atoms with E-state index in [0.717, 1.165) is 88.7 Å². The Balaban J connectivity index is 1.42. The van der Waals surface area contributed by atoms with Gasteiger partial charge >= 0.3 is 5.97 Å². The van der Waals surface area contributed by atoms with Crippen LogP contribution >= 0.6 is 0 Å². The lowest BCUT2D eigenvalue weighted by Gasteiger charge is -2.10.